The van der Waals surface area contributed by atoms with Crippen molar-refractivity contribution in [3.63, 3.8) is 0 Å². The summed E-state index contributed by atoms with van der Waals surface area (Å²) < 4.78 is 6.10. The SMILES string of the molecule is CC(C)(C)[Si](C)(C)OCc1ccc(NC(=O)O)cc1. The van der Waals surface area contributed by atoms with Crippen molar-refractivity contribution in [2.24, 2.45) is 0 Å². The lowest BCUT2D eigenvalue weighted by atomic mass is 10.2. The maximum atomic E-state index is 10.5. The average molecular weight is 281 g/mol. The first kappa shape index (κ1) is 15.7. The Morgan fingerprint density at radius 2 is 1.79 bits per heavy atom. The van der Waals surface area contributed by atoms with Crippen LogP contribution in [0.15, 0.2) is 24.3 Å². The molecule has 0 aliphatic carbocycles. The van der Waals surface area contributed by atoms with E-state index in [0.29, 0.717) is 12.3 Å². The third-order valence-electron chi connectivity index (χ3n) is 3.61. The van der Waals surface area contributed by atoms with Crippen molar-refractivity contribution in [3.8, 4) is 0 Å². The van der Waals surface area contributed by atoms with Crippen LogP contribution in [0.25, 0.3) is 0 Å². The summed E-state index contributed by atoms with van der Waals surface area (Å²) in [5, 5.41) is 11.1. The molecule has 1 amide bonds. The molecule has 0 bridgehead atoms. The molecule has 1 aromatic rings. The highest BCUT2D eigenvalue weighted by atomic mass is 28.4. The highest BCUT2D eigenvalue weighted by Gasteiger charge is 2.36. The molecule has 0 unspecified atom stereocenters. The van der Waals surface area contributed by atoms with Crippen LogP contribution < -0.4 is 5.32 Å². The summed E-state index contributed by atoms with van der Waals surface area (Å²) in [6.45, 7) is 11.6. The van der Waals surface area contributed by atoms with E-state index in [2.05, 4.69) is 39.2 Å². The molecule has 0 heterocycles. The van der Waals surface area contributed by atoms with Gasteiger partial charge in [0.2, 0.25) is 0 Å². The van der Waals surface area contributed by atoms with Gasteiger partial charge in [-0.1, -0.05) is 32.9 Å². The van der Waals surface area contributed by atoms with E-state index in [4.69, 9.17) is 9.53 Å². The number of benzene rings is 1. The zero-order valence-corrected chi connectivity index (χ0v) is 13.3. The molecule has 0 fully saturated rings. The van der Waals surface area contributed by atoms with Crippen LogP contribution in [0.3, 0.4) is 0 Å². The second-order valence-electron chi connectivity index (χ2n) is 6.18. The minimum absolute atomic E-state index is 0.192. The van der Waals surface area contributed by atoms with Crippen LogP contribution in [0.1, 0.15) is 26.3 Å². The van der Waals surface area contributed by atoms with E-state index >= 15 is 0 Å². The lowest BCUT2D eigenvalue weighted by Gasteiger charge is -2.36. The molecular formula is C14H23NO3Si. The van der Waals surface area contributed by atoms with E-state index in [9.17, 15) is 4.79 Å². The van der Waals surface area contributed by atoms with E-state index < -0.39 is 14.4 Å². The number of hydrogen-bond donors (Lipinski definition) is 2. The number of rotatable bonds is 4. The second kappa shape index (κ2) is 5.75. The number of hydrogen-bond acceptors (Lipinski definition) is 2. The van der Waals surface area contributed by atoms with Gasteiger partial charge in [-0.15, -0.1) is 0 Å². The summed E-state index contributed by atoms with van der Waals surface area (Å²) in [4.78, 5) is 10.5. The second-order valence-corrected chi connectivity index (χ2v) is 11.0. The first-order valence-corrected chi connectivity index (χ1v) is 9.25. The van der Waals surface area contributed by atoms with Gasteiger partial charge in [-0.25, -0.2) is 4.79 Å². The van der Waals surface area contributed by atoms with Crippen LogP contribution in [-0.4, -0.2) is 19.5 Å². The number of amides is 1. The molecule has 1 aromatic carbocycles. The Labute approximate surface area is 115 Å². The molecule has 0 aliphatic rings. The van der Waals surface area contributed by atoms with Gasteiger partial charge in [0.25, 0.3) is 0 Å². The quantitative estimate of drug-likeness (QED) is 0.809. The van der Waals surface area contributed by atoms with Gasteiger partial charge in [0.1, 0.15) is 0 Å². The van der Waals surface area contributed by atoms with Crippen molar-refractivity contribution in [2.75, 3.05) is 5.32 Å². The fraction of sp³-hybridized carbons (Fsp3) is 0.500. The van der Waals surface area contributed by atoms with E-state index in [0.717, 1.165) is 5.56 Å². The molecule has 0 atom stereocenters. The highest BCUT2D eigenvalue weighted by molar-refractivity contribution is 6.74. The van der Waals surface area contributed by atoms with E-state index in [1.54, 1.807) is 12.1 Å². The zero-order chi connectivity index (χ0) is 14.7. The number of anilines is 1. The van der Waals surface area contributed by atoms with Crippen LogP contribution in [0.5, 0.6) is 0 Å². The summed E-state index contributed by atoms with van der Waals surface area (Å²) >= 11 is 0. The average Bonchev–Trinajstić information content (AvgIpc) is 2.26. The van der Waals surface area contributed by atoms with Gasteiger partial charge in [-0.05, 0) is 35.8 Å². The largest absolute Gasteiger partial charge is 0.465 e. The molecule has 0 spiro atoms. The van der Waals surface area contributed by atoms with Crippen LogP contribution in [-0.2, 0) is 11.0 Å². The third kappa shape index (κ3) is 4.68. The lowest BCUT2D eigenvalue weighted by Crippen LogP contribution is -2.40. The van der Waals surface area contributed by atoms with E-state index in [1.165, 1.54) is 0 Å². The summed E-state index contributed by atoms with van der Waals surface area (Å²) in [6, 6.07) is 7.27. The maximum Gasteiger partial charge on any atom is 0.409 e. The normalized spacial score (nSPS) is 12.3. The fourth-order valence-corrected chi connectivity index (χ4v) is 2.25. The van der Waals surface area contributed by atoms with Gasteiger partial charge in [0.05, 0.1) is 6.61 Å². The Hall–Kier alpha value is -1.33. The zero-order valence-electron chi connectivity index (χ0n) is 12.3. The first-order valence-electron chi connectivity index (χ1n) is 6.35. The van der Waals surface area contributed by atoms with Crippen molar-refractivity contribution in [3.05, 3.63) is 29.8 Å². The van der Waals surface area contributed by atoms with Gasteiger partial charge < -0.3 is 9.53 Å². The minimum Gasteiger partial charge on any atom is -0.465 e. The summed E-state index contributed by atoms with van der Waals surface area (Å²) in [6.07, 6.45) is -1.05. The third-order valence-corrected chi connectivity index (χ3v) is 8.09. The molecule has 0 aromatic heterocycles. The summed E-state index contributed by atoms with van der Waals surface area (Å²) in [5.74, 6) is 0. The van der Waals surface area contributed by atoms with Gasteiger partial charge in [0.15, 0.2) is 8.32 Å². The number of carboxylic acid groups (broad SMARTS) is 1. The first-order chi connectivity index (χ1) is 8.62. The van der Waals surface area contributed by atoms with Gasteiger partial charge in [-0.3, -0.25) is 5.32 Å². The molecule has 2 N–H and O–H groups in total. The topological polar surface area (TPSA) is 58.6 Å². The smallest absolute Gasteiger partial charge is 0.409 e. The lowest BCUT2D eigenvalue weighted by molar-refractivity contribution is 0.210. The van der Waals surface area contributed by atoms with Crippen molar-refractivity contribution in [2.45, 2.75) is 45.5 Å². The van der Waals surface area contributed by atoms with Crippen molar-refractivity contribution >= 4 is 20.1 Å². The van der Waals surface area contributed by atoms with Crippen LogP contribution in [0.4, 0.5) is 10.5 Å². The maximum absolute atomic E-state index is 10.5. The molecule has 0 radical (unpaired) electrons. The number of carbonyl (C=O) groups is 1. The van der Waals surface area contributed by atoms with Crippen molar-refractivity contribution in [1.82, 2.24) is 0 Å². The fourth-order valence-electron chi connectivity index (χ4n) is 1.29. The Kier molecular flexibility index (Phi) is 4.76. The highest BCUT2D eigenvalue weighted by Crippen LogP contribution is 2.37. The molecule has 0 aliphatic heterocycles. The molecule has 0 saturated heterocycles. The Morgan fingerprint density at radius 1 is 1.26 bits per heavy atom. The predicted octanol–water partition coefficient (Wildman–Crippen LogP) is 4.30. The molecule has 106 valence electrons. The number of nitrogens with one attached hydrogen (secondary N) is 1. The molecular weight excluding hydrogens is 258 g/mol. The molecule has 0 saturated carbocycles. The summed E-state index contributed by atoms with van der Waals surface area (Å²) in [7, 11) is -1.74. The van der Waals surface area contributed by atoms with Gasteiger partial charge in [-0.2, -0.15) is 0 Å². The summed E-state index contributed by atoms with van der Waals surface area (Å²) in [5.41, 5.74) is 1.63. The molecule has 19 heavy (non-hydrogen) atoms. The monoisotopic (exact) mass is 281 g/mol. The van der Waals surface area contributed by atoms with E-state index in [-0.39, 0.29) is 5.04 Å². The van der Waals surface area contributed by atoms with Gasteiger partial charge in [0, 0.05) is 5.69 Å². The molecule has 4 nitrogen and oxygen atoms in total. The van der Waals surface area contributed by atoms with Crippen LogP contribution in [0.2, 0.25) is 18.1 Å². The van der Waals surface area contributed by atoms with Crippen molar-refractivity contribution in [1.29, 1.82) is 0 Å². The Morgan fingerprint density at radius 3 is 2.21 bits per heavy atom. The Balaban J connectivity index is 2.62. The van der Waals surface area contributed by atoms with E-state index in [1.807, 2.05) is 12.1 Å². The molecule has 5 heteroatoms. The standard InChI is InChI=1S/C14H23NO3Si/c1-14(2,3)19(4,5)18-10-11-6-8-12(9-7-11)15-13(16)17/h6-9,15H,10H2,1-5H3,(H,16,17). The van der Waals surface area contributed by atoms with Gasteiger partial charge >= 0.3 is 6.09 Å². The molecule has 1 rings (SSSR count). The van der Waals surface area contributed by atoms with Crippen LogP contribution >= 0.6 is 0 Å². The Bertz CT molecular complexity index is 435. The van der Waals surface area contributed by atoms with Crippen LogP contribution in [0, 0.1) is 0 Å². The minimum atomic E-state index is -1.74. The van der Waals surface area contributed by atoms with Crippen molar-refractivity contribution < 1.29 is 14.3 Å². The predicted molar refractivity (Wildman–Crippen MR) is 80.1 cm³/mol.